The van der Waals surface area contributed by atoms with Gasteiger partial charge in [-0.25, -0.2) is 8.78 Å². The van der Waals surface area contributed by atoms with Crippen LogP contribution in [0.2, 0.25) is 0 Å². The molecule has 2 amide bonds. The summed E-state index contributed by atoms with van der Waals surface area (Å²) in [6.45, 7) is 5.22. The van der Waals surface area contributed by atoms with E-state index < -0.39 is 30.1 Å². The fraction of sp³-hybridized carbons (Fsp3) is 0.385. The SMILES string of the molecule is Cc1nnc(CC(=O)N2C[C@H](F)C[C@H]2C(=O)N[C@@H](c2ccccc2)c2ccc(C(C)C)c(F)c2)o1. The van der Waals surface area contributed by atoms with E-state index in [1.54, 1.807) is 19.1 Å². The molecule has 1 N–H and O–H groups in total. The molecule has 35 heavy (non-hydrogen) atoms. The number of hydrogen-bond donors (Lipinski definition) is 1. The van der Waals surface area contributed by atoms with Crippen LogP contribution in [0.5, 0.6) is 0 Å². The molecule has 1 aliphatic heterocycles. The molecule has 9 heteroatoms. The molecule has 0 saturated carbocycles. The molecule has 0 radical (unpaired) electrons. The topological polar surface area (TPSA) is 88.3 Å². The molecule has 1 aliphatic rings. The molecule has 1 aromatic heterocycles. The fourth-order valence-electron chi connectivity index (χ4n) is 4.38. The first kappa shape index (κ1) is 24.5. The van der Waals surface area contributed by atoms with Crippen molar-refractivity contribution in [3.05, 3.63) is 82.8 Å². The van der Waals surface area contributed by atoms with Crippen molar-refractivity contribution >= 4 is 11.8 Å². The van der Waals surface area contributed by atoms with E-state index in [1.165, 1.54) is 11.0 Å². The highest BCUT2D eigenvalue weighted by atomic mass is 19.1. The standard InChI is InChI=1S/C26H28F2N4O3/c1-15(2)20-10-9-18(11-21(20)28)25(17-7-5-4-6-8-17)29-26(34)22-12-19(27)14-32(22)24(33)13-23-31-30-16(3)35-23/h4-11,15,19,22,25H,12-14H2,1-3H3,(H,29,34)/t19-,22+,25+/m1/s1. The average molecular weight is 483 g/mol. The molecule has 184 valence electrons. The van der Waals surface area contributed by atoms with Gasteiger partial charge in [0.1, 0.15) is 24.5 Å². The predicted octanol–water partition coefficient (Wildman–Crippen LogP) is 4.03. The zero-order valence-corrected chi connectivity index (χ0v) is 19.9. The Hall–Kier alpha value is -3.62. The van der Waals surface area contributed by atoms with E-state index in [0.29, 0.717) is 17.0 Å². The quantitative estimate of drug-likeness (QED) is 0.549. The van der Waals surface area contributed by atoms with Crippen LogP contribution in [-0.2, 0) is 16.0 Å². The largest absolute Gasteiger partial charge is 0.425 e. The van der Waals surface area contributed by atoms with E-state index in [1.807, 2.05) is 44.2 Å². The zero-order chi connectivity index (χ0) is 25.1. The number of aromatic nitrogens is 2. The Morgan fingerprint density at radius 2 is 1.89 bits per heavy atom. The molecule has 1 fully saturated rings. The maximum absolute atomic E-state index is 14.8. The van der Waals surface area contributed by atoms with Crippen LogP contribution in [0.3, 0.4) is 0 Å². The Bertz CT molecular complexity index is 1200. The van der Waals surface area contributed by atoms with Crippen molar-refractivity contribution < 1.29 is 22.8 Å². The summed E-state index contributed by atoms with van der Waals surface area (Å²) in [5.74, 6) is -0.912. The number of nitrogens with zero attached hydrogens (tertiary/aromatic N) is 3. The van der Waals surface area contributed by atoms with E-state index in [2.05, 4.69) is 15.5 Å². The van der Waals surface area contributed by atoms with Crippen LogP contribution >= 0.6 is 0 Å². The van der Waals surface area contributed by atoms with Crippen LogP contribution in [0.15, 0.2) is 52.9 Å². The molecule has 0 spiro atoms. The summed E-state index contributed by atoms with van der Waals surface area (Å²) in [4.78, 5) is 27.4. The lowest BCUT2D eigenvalue weighted by Gasteiger charge is -2.27. The Morgan fingerprint density at radius 3 is 2.51 bits per heavy atom. The molecule has 1 saturated heterocycles. The second-order valence-corrected chi connectivity index (χ2v) is 9.07. The molecule has 3 aromatic rings. The first-order chi connectivity index (χ1) is 16.7. The van der Waals surface area contributed by atoms with Crippen LogP contribution in [0.4, 0.5) is 8.78 Å². The summed E-state index contributed by atoms with van der Waals surface area (Å²) in [6.07, 6.45) is -1.68. The summed E-state index contributed by atoms with van der Waals surface area (Å²) < 4.78 is 34.4. The number of likely N-dealkylation sites (tertiary alicyclic amines) is 1. The highest BCUT2D eigenvalue weighted by Crippen LogP contribution is 2.28. The van der Waals surface area contributed by atoms with Gasteiger partial charge in [-0.3, -0.25) is 9.59 Å². The van der Waals surface area contributed by atoms with Gasteiger partial charge in [-0.2, -0.15) is 0 Å². The van der Waals surface area contributed by atoms with Gasteiger partial charge in [0.25, 0.3) is 0 Å². The second-order valence-electron chi connectivity index (χ2n) is 9.07. The molecule has 0 bridgehead atoms. The van der Waals surface area contributed by atoms with Gasteiger partial charge in [-0.1, -0.05) is 56.3 Å². The molecule has 0 aliphatic carbocycles. The molecule has 7 nitrogen and oxygen atoms in total. The fourth-order valence-corrected chi connectivity index (χ4v) is 4.38. The lowest BCUT2D eigenvalue weighted by molar-refractivity contribution is -0.138. The van der Waals surface area contributed by atoms with Crippen molar-refractivity contribution in [1.82, 2.24) is 20.4 Å². The molecule has 2 heterocycles. The maximum atomic E-state index is 14.8. The van der Waals surface area contributed by atoms with Crippen LogP contribution in [-0.4, -0.2) is 45.7 Å². The van der Waals surface area contributed by atoms with Gasteiger partial charge in [0.05, 0.1) is 12.6 Å². The number of alkyl halides is 1. The van der Waals surface area contributed by atoms with Crippen molar-refractivity contribution in [1.29, 1.82) is 0 Å². The molecular weight excluding hydrogens is 454 g/mol. The first-order valence-electron chi connectivity index (χ1n) is 11.6. The van der Waals surface area contributed by atoms with Crippen LogP contribution < -0.4 is 5.32 Å². The zero-order valence-electron chi connectivity index (χ0n) is 19.9. The van der Waals surface area contributed by atoms with Gasteiger partial charge >= 0.3 is 0 Å². The third kappa shape index (κ3) is 5.55. The van der Waals surface area contributed by atoms with Crippen molar-refractivity contribution in [2.45, 2.75) is 57.8 Å². The number of amides is 2. The Balaban J connectivity index is 1.58. The Morgan fingerprint density at radius 1 is 1.14 bits per heavy atom. The van der Waals surface area contributed by atoms with Gasteiger partial charge in [-0.05, 0) is 28.7 Å². The maximum Gasteiger partial charge on any atom is 0.243 e. The van der Waals surface area contributed by atoms with E-state index in [-0.39, 0.29) is 37.0 Å². The highest BCUT2D eigenvalue weighted by Gasteiger charge is 2.40. The highest BCUT2D eigenvalue weighted by molar-refractivity contribution is 5.89. The van der Waals surface area contributed by atoms with Gasteiger partial charge < -0.3 is 14.6 Å². The average Bonchev–Trinajstić information content (AvgIpc) is 3.42. The Kier molecular flexibility index (Phi) is 7.23. The number of benzene rings is 2. The third-order valence-electron chi connectivity index (χ3n) is 6.14. The number of hydrogen-bond acceptors (Lipinski definition) is 5. The van der Waals surface area contributed by atoms with E-state index in [4.69, 9.17) is 4.42 Å². The molecule has 2 aromatic carbocycles. The number of rotatable bonds is 7. The Labute approximate surface area is 202 Å². The monoisotopic (exact) mass is 482 g/mol. The van der Waals surface area contributed by atoms with E-state index in [9.17, 15) is 18.4 Å². The van der Waals surface area contributed by atoms with Crippen molar-refractivity contribution in [3.8, 4) is 0 Å². The normalized spacial score (nSPS) is 18.6. The summed E-state index contributed by atoms with van der Waals surface area (Å²) in [6, 6.07) is 12.4. The summed E-state index contributed by atoms with van der Waals surface area (Å²) in [7, 11) is 0. The minimum absolute atomic E-state index is 0.0102. The number of halogens is 2. The van der Waals surface area contributed by atoms with Gasteiger partial charge in [0, 0.05) is 13.3 Å². The first-order valence-corrected chi connectivity index (χ1v) is 11.6. The van der Waals surface area contributed by atoms with Crippen LogP contribution in [0, 0.1) is 12.7 Å². The molecule has 4 rings (SSSR count). The number of aryl methyl sites for hydroxylation is 1. The predicted molar refractivity (Wildman–Crippen MR) is 125 cm³/mol. The minimum Gasteiger partial charge on any atom is -0.425 e. The summed E-state index contributed by atoms with van der Waals surface area (Å²) in [5, 5.41) is 10.4. The van der Waals surface area contributed by atoms with Crippen LogP contribution in [0.25, 0.3) is 0 Å². The lowest BCUT2D eigenvalue weighted by Crippen LogP contribution is -2.47. The van der Waals surface area contributed by atoms with Crippen molar-refractivity contribution in [2.24, 2.45) is 0 Å². The van der Waals surface area contributed by atoms with Gasteiger partial charge in [-0.15, -0.1) is 10.2 Å². The molecule has 0 unspecified atom stereocenters. The van der Waals surface area contributed by atoms with Crippen molar-refractivity contribution in [2.75, 3.05) is 6.54 Å². The second kappa shape index (κ2) is 10.3. The molecular formula is C26H28F2N4O3. The van der Waals surface area contributed by atoms with Gasteiger partial charge in [0.2, 0.25) is 23.6 Å². The number of carbonyl (C=O) groups is 2. The van der Waals surface area contributed by atoms with E-state index in [0.717, 1.165) is 5.56 Å². The third-order valence-corrected chi connectivity index (χ3v) is 6.14. The summed E-state index contributed by atoms with van der Waals surface area (Å²) >= 11 is 0. The lowest BCUT2D eigenvalue weighted by atomic mass is 9.94. The van der Waals surface area contributed by atoms with Gasteiger partial charge in [0.15, 0.2) is 0 Å². The van der Waals surface area contributed by atoms with Crippen molar-refractivity contribution in [3.63, 3.8) is 0 Å². The summed E-state index contributed by atoms with van der Waals surface area (Å²) in [5.41, 5.74) is 1.88. The van der Waals surface area contributed by atoms with E-state index >= 15 is 0 Å². The smallest absolute Gasteiger partial charge is 0.243 e. The number of carbonyl (C=O) groups excluding carboxylic acids is 2. The van der Waals surface area contributed by atoms with Crippen LogP contribution in [0.1, 0.15) is 60.7 Å². The minimum atomic E-state index is -1.34. The molecule has 3 atom stereocenters. The number of nitrogens with one attached hydrogen (secondary N) is 1.